The molecule has 0 saturated heterocycles. The Hall–Kier alpha value is -2.88. The number of aryl methyl sites for hydroxylation is 1. The minimum atomic E-state index is -0.226. The van der Waals surface area contributed by atoms with E-state index in [-0.39, 0.29) is 12.1 Å². The Labute approximate surface area is 134 Å². The van der Waals surface area contributed by atoms with Gasteiger partial charge >= 0.3 is 0 Å². The first-order valence-corrected chi connectivity index (χ1v) is 7.63. The summed E-state index contributed by atoms with van der Waals surface area (Å²) in [5.41, 5.74) is 4.60. The molecule has 23 heavy (non-hydrogen) atoms. The van der Waals surface area contributed by atoms with E-state index in [9.17, 15) is 4.79 Å². The number of amides is 1. The Morgan fingerprint density at radius 2 is 1.96 bits per heavy atom. The topological polar surface area (TPSA) is 45.2 Å². The normalized spacial score (nSPS) is 17.0. The number of hydrogen-bond donors (Lipinski definition) is 1. The van der Waals surface area contributed by atoms with E-state index in [0.717, 1.165) is 33.3 Å². The van der Waals surface area contributed by atoms with Gasteiger partial charge in [0.2, 0.25) is 0 Å². The van der Waals surface area contributed by atoms with Gasteiger partial charge in [0, 0.05) is 29.9 Å². The summed E-state index contributed by atoms with van der Waals surface area (Å²) in [4.78, 5) is 19.0. The molecule has 0 spiro atoms. The zero-order valence-corrected chi connectivity index (χ0v) is 13.1. The highest BCUT2D eigenvalue weighted by molar-refractivity contribution is 6.02. The Kier molecular flexibility index (Phi) is 3.05. The van der Waals surface area contributed by atoms with Gasteiger partial charge in [0.05, 0.1) is 11.1 Å². The van der Waals surface area contributed by atoms with Gasteiger partial charge in [-0.15, -0.1) is 0 Å². The summed E-state index contributed by atoms with van der Waals surface area (Å²) in [6.45, 7) is 1.99. The molecule has 4 nitrogen and oxygen atoms in total. The third kappa shape index (κ3) is 2.14. The minimum Gasteiger partial charge on any atom is -0.361 e. The van der Waals surface area contributed by atoms with Crippen molar-refractivity contribution >= 4 is 22.5 Å². The molecule has 0 radical (unpaired) electrons. The summed E-state index contributed by atoms with van der Waals surface area (Å²) in [6.07, 6.45) is 1.56. The maximum absolute atomic E-state index is 12.8. The molecule has 1 aliphatic rings. The van der Waals surface area contributed by atoms with Crippen LogP contribution in [0.15, 0.2) is 54.7 Å². The predicted octanol–water partition coefficient (Wildman–Crippen LogP) is 3.74. The van der Waals surface area contributed by atoms with Crippen LogP contribution < -0.4 is 5.32 Å². The van der Waals surface area contributed by atoms with Gasteiger partial charge in [-0.2, -0.15) is 0 Å². The lowest BCUT2D eigenvalue weighted by molar-refractivity contribution is 0.0736. The maximum Gasteiger partial charge on any atom is 0.257 e. The third-order valence-electron chi connectivity index (χ3n) is 4.36. The van der Waals surface area contributed by atoms with Crippen LogP contribution in [0.2, 0.25) is 0 Å². The van der Waals surface area contributed by atoms with E-state index < -0.39 is 0 Å². The quantitative estimate of drug-likeness (QED) is 0.745. The second kappa shape index (κ2) is 5.09. The van der Waals surface area contributed by atoms with Gasteiger partial charge in [-0.05, 0) is 25.1 Å². The fourth-order valence-corrected chi connectivity index (χ4v) is 3.15. The fraction of sp³-hybridized carbons (Fsp3) is 0.158. The van der Waals surface area contributed by atoms with Crippen LogP contribution in [0.1, 0.15) is 27.7 Å². The number of carbonyl (C=O) groups excluding carboxylic acids is 1. The molecule has 2 heterocycles. The van der Waals surface area contributed by atoms with Crippen molar-refractivity contribution in [2.45, 2.75) is 13.1 Å². The fourth-order valence-electron chi connectivity index (χ4n) is 3.15. The van der Waals surface area contributed by atoms with Crippen molar-refractivity contribution in [3.05, 3.63) is 71.4 Å². The molecule has 0 aliphatic carbocycles. The van der Waals surface area contributed by atoms with Crippen molar-refractivity contribution in [3.8, 4) is 0 Å². The molecule has 1 N–H and O–H groups in total. The zero-order valence-electron chi connectivity index (χ0n) is 13.1. The second-order valence-electron chi connectivity index (χ2n) is 5.93. The molecule has 4 heteroatoms. The number of fused-ring (bicyclic) bond motifs is 2. The van der Waals surface area contributed by atoms with Gasteiger partial charge in [-0.1, -0.05) is 35.9 Å². The highest BCUT2D eigenvalue weighted by Gasteiger charge is 2.31. The largest absolute Gasteiger partial charge is 0.361 e. The number of nitrogens with zero attached hydrogens (tertiary/aromatic N) is 2. The van der Waals surface area contributed by atoms with Crippen molar-refractivity contribution in [2.24, 2.45) is 0 Å². The summed E-state index contributed by atoms with van der Waals surface area (Å²) in [6, 6.07) is 15.9. The molecule has 1 aromatic heterocycles. The van der Waals surface area contributed by atoms with Crippen LogP contribution in [0, 0.1) is 6.92 Å². The Balaban J connectivity index is 1.86. The highest BCUT2D eigenvalue weighted by atomic mass is 16.2. The molecule has 1 unspecified atom stereocenters. The molecule has 4 rings (SSSR count). The van der Waals surface area contributed by atoms with E-state index in [1.165, 1.54) is 0 Å². The van der Waals surface area contributed by atoms with E-state index in [1.54, 1.807) is 11.1 Å². The number of anilines is 1. The number of aromatic nitrogens is 1. The molecule has 2 aromatic carbocycles. The molecule has 3 aromatic rings. The molecule has 0 fully saturated rings. The van der Waals surface area contributed by atoms with Crippen LogP contribution in [0.3, 0.4) is 0 Å². The predicted molar refractivity (Wildman–Crippen MR) is 91.4 cm³/mol. The van der Waals surface area contributed by atoms with Crippen LogP contribution >= 0.6 is 0 Å². The average Bonchev–Trinajstić information content (AvgIpc) is 2.58. The van der Waals surface area contributed by atoms with Gasteiger partial charge in [0.15, 0.2) is 0 Å². The number of benzene rings is 2. The first-order valence-electron chi connectivity index (χ1n) is 7.63. The van der Waals surface area contributed by atoms with Gasteiger partial charge in [-0.3, -0.25) is 9.78 Å². The SMILES string of the molecule is Cc1ccc2c(c1)C(=O)N(C)C(c1cccc3cccnc13)N2. The molecule has 0 saturated carbocycles. The van der Waals surface area contributed by atoms with Gasteiger partial charge in [-0.25, -0.2) is 0 Å². The Morgan fingerprint density at radius 3 is 2.83 bits per heavy atom. The summed E-state index contributed by atoms with van der Waals surface area (Å²) in [5.74, 6) is 0.0281. The van der Waals surface area contributed by atoms with Crippen LogP contribution in [0.5, 0.6) is 0 Å². The number of hydrogen-bond acceptors (Lipinski definition) is 3. The maximum atomic E-state index is 12.8. The van der Waals surface area contributed by atoms with Crippen molar-refractivity contribution in [2.75, 3.05) is 12.4 Å². The molecule has 114 valence electrons. The van der Waals surface area contributed by atoms with Crippen LogP contribution in [-0.2, 0) is 0 Å². The zero-order chi connectivity index (χ0) is 16.0. The summed E-state index contributed by atoms with van der Waals surface area (Å²) in [5, 5.41) is 4.55. The van der Waals surface area contributed by atoms with Crippen LogP contribution in [0.25, 0.3) is 10.9 Å². The number of rotatable bonds is 1. The van der Waals surface area contributed by atoms with Crippen LogP contribution in [0.4, 0.5) is 5.69 Å². The van der Waals surface area contributed by atoms with E-state index in [4.69, 9.17) is 0 Å². The van der Waals surface area contributed by atoms with Crippen molar-refractivity contribution in [1.29, 1.82) is 0 Å². The third-order valence-corrected chi connectivity index (χ3v) is 4.36. The lowest BCUT2D eigenvalue weighted by Crippen LogP contribution is -2.40. The number of pyridine rings is 1. The minimum absolute atomic E-state index is 0.0281. The monoisotopic (exact) mass is 303 g/mol. The Bertz CT molecular complexity index is 914. The van der Waals surface area contributed by atoms with E-state index in [2.05, 4.69) is 10.3 Å². The van der Waals surface area contributed by atoms with E-state index in [1.807, 2.05) is 62.5 Å². The van der Waals surface area contributed by atoms with Crippen molar-refractivity contribution in [1.82, 2.24) is 9.88 Å². The summed E-state index contributed by atoms with van der Waals surface area (Å²) in [7, 11) is 1.83. The number of carbonyl (C=O) groups is 1. The van der Waals surface area contributed by atoms with Crippen molar-refractivity contribution < 1.29 is 4.79 Å². The van der Waals surface area contributed by atoms with Gasteiger partial charge in [0.25, 0.3) is 5.91 Å². The van der Waals surface area contributed by atoms with Gasteiger partial charge < -0.3 is 10.2 Å². The summed E-state index contributed by atoms with van der Waals surface area (Å²) < 4.78 is 0. The molecular formula is C19H17N3O. The smallest absolute Gasteiger partial charge is 0.257 e. The first kappa shape index (κ1) is 13.8. The molecular weight excluding hydrogens is 286 g/mol. The first-order chi connectivity index (χ1) is 11.1. The standard InChI is InChI=1S/C19H17N3O/c1-12-8-9-16-15(11-12)19(23)22(2)18(21-16)14-7-3-5-13-6-4-10-20-17(13)14/h3-11,18,21H,1-2H3. The lowest BCUT2D eigenvalue weighted by Gasteiger charge is -2.36. The molecule has 1 amide bonds. The van der Waals surface area contributed by atoms with Crippen molar-refractivity contribution in [3.63, 3.8) is 0 Å². The summed E-state index contributed by atoms with van der Waals surface area (Å²) >= 11 is 0. The molecule has 1 atom stereocenters. The second-order valence-corrected chi connectivity index (χ2v) is 5.93. The lowest BCUT2D eigenvalue weighted by atomic mass is 10.0. The van der Waals surface area contributed by atoms with Crippen LogP contribution in [-0.4, -0.2) is 22.8 Å². The Morgan fingerprint density at radius 1 is 1.13 bits per heavy atom. The average molecular weight is 303 g/mol. The van der Waals surface area contributed by atoms with E-state index in [0.29, 0.717) is 0 Å². The number of nitrogens with one attached hydrogen (secondary N) is 1. The molecule has 1 aliphatic heterocycles. The van der Waals surface area contributed by atoms with Gasteiger partial charge in [0.1, 0.15) is 6.17 Å². The van der Waals surface area contributed by atoms with E-state index >= 15 is 0 Å². The number of para-hydroxylation sites is 1. The highest BCUT2D eigenvalue weighted by Crippen LogP contribution is 2.34. The molecule has 0 bridgehead atoms.